The van der Waals surface area contributed by atoms with Crippen LogP contribution in [0.5, 0.6) is 0 Å². The lowest BCUT2D eigenvalue weighted by atomic mass is 9.97. The first kappa shape index (κ1) is 21.7. The molecule has 1 aromatic carbocycles. The number of amides is 2. The molecule has 8 heteroatoms. The van der Waals surface area contributed by atoms with Crippen LogP contribution in [-0.4, -0.2) is 46.9 Å². The maximum absolute atomic E-state index is 12.4. The number of halogens is 1. The summed E-state index contributed by atoms with van der Waals surface area (Å²) in [4.78, 5) is 35.6. The van der Waals surface area contributed by atoms with Crippen molar-refractivity contribution in [3.05, 3.63) is 46.9 Å². The number of nitrogens with one attached hydrogen (secondary N) is 2. The van der Waals surface area contributed by atoms with Crippen LogP contribution in [0.25, 0.3) is 0 Å². The van der Waals surface area contributed by atoms with Crippen molar-refractivity contribution in [1.29, 1.82) is 0 Å². The van der Waals surface area contributed by atoms with Crippen molar-refractivity contribution in [2.45, 2.75) is 45.6 Å². The first-order chi connectivity index (χ1) is 14.5. The number of alkyl halides is 1. The summed E-state index contributed by atoms with van der Waals surface area (Å²) in [5, 5.41) is 6.09. The van der Waals surface area contributed by atoms with E-state index in [0.717, 1.165) is 36.5 Å². The zero-order chi connectivity index (χ0) is 21.8. The molecule has 2 aromatic rings. The molecular formula is C22H28FN5O2. The Morgan fingerprint density at radius 2 is 1.90 bits per heavy atom. The Balaban J connectivity index is 0.00000124. The summed E-state index contributed by atoms with van der Waals surface area (Å²) in [7, 11) is 0.500. The van der Waals surface area contributed by atoms with Gasteiger partial charge in [0.2, 0.25) is 5.91 Å². The first-order valence-corrected chi connectivity index (χ1v) is 10.2. The van der Waals surface area contributed by atoms with Gasteiger partial charge in [-0.25, -0.2) is 9.97 Å². The standard InChI is InChI=1S/C21H25N5O2.CH3F/c1-4-26-10-9-15(21(26)28)13-5-7-14(8-6-13)23-19-17-16(11-22-20(17)27)24-18(25-19)12(2)3;1-2/h5-8,12,15H,4,9-11H2,1-3H3,(H,22,27)(H,23,24,25);1H3. The summed E-state index contributed by atoms with van der Waals surface area (Å²) in [5.41, 5.74) is 3.11. The van der Waals surface area contributed by atoms with Gasteiger partial charge < -0.3 is 15.5 Å². The van der Waals surface area contributed by atoms with Crippen LogP contribution < -0.4 is 10.6 Å². The number of likely N-dealkylation sites (N-methyl/N-ethyl adjacent to an activating group) is 1. The zero-order valence-electron chi connectivity index (χ0n) is 17.8. The third-order valence-corrected chi connectivity index (χ3v) is 5.42. The SMILES string of the molecule is CCN1CCC(c2ccc(Nc3nc(C(C)C)nc4c3C(=O)NC4)cc2)C1=O.CF. The summed E-state index contributed by atoms with van der Waals surface area (Å²) in [6, 6.07) is 7.84. The quantitative estimate of drug-likeness (QED) is 0.783. The minimum Gasteiger partial charge on any atom is -0.346 e. The number of hydrogen-bond donors (Lipinski definition) is 2. The number of anilines is 2. The van der Waals surface area contributed by atoms with E-state index in [1.54, 1.807) is 0 Å². The number of carbonyl (C=O) groups is 2. The molecule has 160 valence electrons. The van der Waals surface area contributed by atoms with Gasteiger partial charge >= 0.3 is 0 Å². The van der Waals surface area contributed by atoms with Gasteiger partial charge in [-0.15, -0.1) is 0 Å². The van der Waals surface area contributed by atoms with E-state index in [1.807, 2.05) is 49.9 Å². The smallest absolute Gasteiger partial charge is 0.257 e. The highest BCUT2D eigenvalue weighted by atomic mass is 19.1. The van der Waals surface area contributed by atoms with Crippen molar-refractivity contribution in [1.82, 2.24) is 20.2 Å². The van der Waals surface area contributed by atoms with E-state index in [1.165, 1.54) is 0 Å². The third-order valence-electron chi connectivity index (χ3n) is 5.42. The number of hydrogen-bond acceptors (Lipinski definition) is 5. The van der Waals surface area contributed by atoms with Crippen LogP contribution in [0.2, 0.25) is 0 Å². The molecule has 2 aliphatic heterocycles. The first-order valence-electron chi connectivity index (χ1n) is 10.2. The van der Waals surface area contributed by atoms with Gasteiger partial charge in [-0.05, 0) is 31.0 Å². The highest BCUT2D eigenvalue weighted by molar-refractivity contribution is 6.02. The molecule has 0 aliphatic carbocycles. The maximum Gasteiger partial charge on any atom is 0.257 e. The minimum atomic E-state index is -0.152. The average molecular weight is 413 g/mol. The predicted molar refractivity (Wildman–Crippen MR) is 114 cm³/mol. The fraction of sp³-hybridized carbons (Fsp3) is 0.455. The lowest BCUT2D eigenvalue weighted by molar-refractivity contribution is -0.128. The van der Waals surface area contributed by atoms with E-state index >= 15 is 0 Å². The van der Waals surface area contributed by atoms with Crippen LogP contribution in [0.15, 0.2) is 24.3 Å². The highest BCUT2D eigenvalue weighted by Gasteiger charge is 2.31. The highest BCUT2D eigenvalue weighted by Crippen LogP contribution is 2.31. The second-order valence-corrected chi connectivity index (χ2v) is 7.60. The molecule has 7 nitrogen and oxygen atoms in total. The van der Waals surface area contributed by atoms with Crippen molar-refractivity contribution in [3.63, 3.8) is 0 Å². The summed E-state index contributed by atoms with van der Waals surface area (Å²) >= 11 is 0. The monoisotopic (exact) mass is 413 g/mol. The fourth-order valence-electron chi connectivity index (χ4n) is 3.79. The van der Waals surface area contributed by atoms with Crippen LogP contribution in [0.3, 0.4) is 0 Å². The van der Waals surface area contributed by atoms with Gasteiger partial charge in [-0.1, -0.05) is 26.0 Å². The normalized spacial score (nSPS) is 17.5. The molecule has 3 heterocycles. The second-order valence-electron chi connectivity index (χ2n) is 7.60. The van der Waals surface area contributed by atoms with E-state index in [0.29, 0.717) is 30.9 Å². The van der Waals surface area contributed by atoms with Crippen molar-refractivity contribution in [3.8, 4) is 0 Å². The van der Waals surface area contributed by atoms with Gasteiger partial charge in [0.05, 0.1) is 25.3 Å². The number of aromatic nitrogens is 2. The third kappa shape index (κ3) is 4.13. The molecule has 30 heavy (non-hydrogen) atoms. The molecule has 1 fully saturated rings. The molecule has 2 N–H and O–H groups in total. The molecule has 1 saturated heterocycles. The van der Waals surface area contributed by atoms with E-state index in [2.05, 4.69) is 20.6 Å². The van der Waals surface area contributed by atoms with E-state index in [4.69, 9.17) is 0 Å². The summed E-state index contributed by atoms with van der Waals surface area (Å²) < 4.78 is 9.50. The number of carbonyl (C=O) groups excluding carboxylic acids is 2. The molecule has 0 spiro atoms. The molecule has 0 bridgehead atoms. The number of fused-ring (bicyclic) bond motifs is 1. The van der Waals surface area contributed by atoms with Gasteiger partial charge in [0.1, 0.15) is 17.2 Å². The fourth-order valence-corrected chi connectivity index (χ4v) is 3.79. The van der Waals surface area contributed by atoms with Crippen LogP contribution in [0.1, 0.15) is 66.5 Å². The lowest BCUT2D eigenvalue weighted by Crippen LogP contribution is -2.26. The summed E-state index contributed by atoms with van der Waals surface area (Å²) in [5.74, 6) is 1.40. The van der Waals surface area contributed by atoms with E-state index in [9.17, 15) is 14.0 Å². The van der Waals surface area contributed by atoms with Crippen molar-refractivity contribution in [2.24, 2.45) is 0 Å². The molecular weight excluding hydrogens is 385 g/mol. The second kappa shape index (κ2) is 9.19. The molecule has 1 unspecified atom stereocenters. The zero-order valence-corrected chi connectivity index (χ0v) is 17.8. The number of likely N-dealkylation sites (tertiary alicyclic amines) is 1. The van der Waals surface area contributed by atoms with Crippen molar-refractivity contribution in [2.75, 3.05) is 25.6 Å². The van der Waals surface area contributed by atoms with Gasteiger partial charge in [0.15, 0.2) is 0 Å². The minimum absolute atomic E-state index is 0.0596. The topological polar surface area (TPSA) is 87.2 Å². The van der Waals surface area contributed by atoms with Crippen molar-refractivity contribution >= 4 is 23.3 Å². The molecule has 0 saturated carbocycles. The Bertz CT molecular complexity index is 930. The summed E-state index contributed by atoms with van der Waals surface area (Å²) in [6.07, 6.45) is 0.858. The van der Waals surface area contributed by atoms with E-state index in [-0.39, 0.29) is 23.7 Å². The van der Waals surface area contributed by atoms with Gasteiger partial charge in [-0.2, -0.15) is 0 Å². The molecule has 2 aliphatic rings. The Labute approximate surface area is 176 Å². The van der Waals surface area contributed by atoms with E-state index < -0.39 is 0 Å². The van der Waals surface area contributed by atoms with Crippen LogP contribution >= 0.6 is 0 Å². The average Bonchev–Trinajstić information content (AvgIpc) is 3.32. The largest absolute Gasteiger partial charge is 0.346 e. The summed E-state index contributed by atoms with van der Waals surface area (Å²) in [6.45, 7) is 8.08. The van der Waals surface area contributed by atoms with Crippen molar-refractivity contribution < 1.29 is 14.0 Å². The Morgan fingerprint density at radius 1 is 1.20 bits per heavy atom. The Kier molecular flexibility index (Phi) is 6.64. The van der Waals surface area contributed by atoms with Crippen LogP contribution in [0.4, 0.5) is 15.9 Å². The molecule has 1 aromatic heterocycles. The van der Waals surface area contributed by atoms with Crippen LogP contribution in [-0.2, 0) is 11.3 Å². The predicted octanol–water partition coefficient (Wildman–Crippen LogP) is 3.51. The Morgan fingerprint density at radius 3 is 2.50 bits per heavy atom. The van der Waals surface area contributed by atoms with Gasteiger partial charge in [0, 0.05) is 24.7 Å². The Hall–Kier alpha value is -3.03. The molecule has 0 radical (unpaired) electrons. The number of nitrogens with zero attached hydrogens (tertiary/aromatic N) is 3. The number of benzene rings is 1. The lowest BCUT2D eigenvalue weighted by Gasteiger charge is -2.15. The van der Waals surface area contributed by atoms with Gasteiger partial charge in [0.25, 0.3) is 5.91 Å². The number of rotatable bonds is 5. The molecule has 1 atom stereocenters. The maximum atomic E-state index is 12.4. The van der Waals surface area contributed by atoms with Crippen LogP contribution in [0, 0.1) is 0 Å². The molecule has 2 amide bonds. The molecule has 4 rings (SSSR count). The van der Waals surface area contributed by atoms with Gasteiger partial charge in [-0.3, -0.25) is 14.0 Å².